The minimum Gasteiger partial charge on any atom is -0.369 e. The Balaban J connectivity index is 1.73. The monoisotopic (exact) mass is 494 g/mol. The molecular formula is C30H30N4O3. The zero-order chi connectivity index (χ0) is 25.9. The van der Waals surface area contributed by atoms with E-state index >= 15 is 0 Å². The van der Waals surface area contributed by atoms with E-state index in [9.17, 15) is 9.59 Å². The fraction of sp³-hybridized carbons (Fsp3) is 0.200. The third-order valence-electron chi connectivity index (χ3n) is 6.80. The second kappa shape index (κ2) is 10.3. The third kappa shape index (κ3) is 4.49. The molecule has 1 aliphatic rings. The Bertz CT molecular complexity index is 1470. The Kier molecular flexibility index (Phi) is 6.79. The summed E-state index contributed by atoms with van der Waals surface area (Å²) in [6.07, 6.45) is 9.23. The number of H-pyrrole nitrogens is 2. The maximum atomic E-state index is 14.0. The number of allylic oxidation sites excluding steroid dienone is 2. The molecule has 37 heavy (non-hydrogen) atoms. The number of para-hydroxylation sites is 2. The van der Waals surface area contributed by atoms with E-state index in [-0.39, 0.29) is 23.1 Å². The molecule has 0 aliphatic heterocycles. The van der Waals surface area contributed by atoms with Gasteiger partial charge < -0.3 is 4.74 Å². The van der Waals surface area contributed by atoms with Crippen LogP contribution in [-0.4, -0.2) is 32.3 Å². The summed E-state index contributed by atoms with van der Waals surface area (Å²) in [4.78, 5) is 28.0. The minimum absolute atomic E-state index is 0.189. The molecule has 2 aromatic heterocycles. The maximum absolute atomic E-state index is 14.0. The summed E-state index contributed by atoms with van der Waals surface area (Å²) in [5.41, 5.74) is 3.57. The van der Waals surface area contributed by atoms with E-state index < -0.39 is 5.92 Å². The lowest BCUT2D eigenvalue weighted by molar-refractivity contribution is 0.0725. The van der Waals surface area contributed by atoms with Gasteiger partial charge in [0.25, 0.3) is 11.1 Å². The van der Waals surface area contributed by atoms with Crippen LogP contribution in [0.3, 0.4) is 0 Å². The van der Waals surface area contributed by atoms with Crippen LogP contribution in [0.5, 0.6) is 0 Å². The number of aromatic nitrogens is 4. The lowest BCUT2D eigenvalue weighted by Crippen LogP contribution is -2.34. The summed E-state index contributed by atoms with van der Waals surface area (Å²) < 4.78 is 9.19. The van der Waals surface area contributed by atoms with Gasteiger partial charge in [0.05, 0.1) is 24.1 Å². The molecule has 1 aliphatic carbocycles. The molecule has 7 heteroatoms. The molecule has 7 nitrogen and oxygen atoms in total. The molecule has 2 N–H and O–H groups in total. The summed E-state index contributed by atoms with van der Waals surface area (Å²) in [6, 6.07) is 18.9. The highest BCUT2D eigenvalue weighted by molar-refractivity contribution is 5.43. The standard InChI is InChI=1S/C30H30N4O3/c1-4-19-37-25-18-12-11-17-24(25)28(26-20(2)31-33(29(26)35)22-13-7-5-8-14-22)27-21(3)32-34(30(27)36)23-15-9-6-10-16-23/h4-18,24-25,28,31-32H,1,19H2,2-3H3/t24-,25+/m0/s1. The largest absolute Gasteiger partial charge is 0.369 e. The van der Waals surface area contributed by atoms with Gasteiger partial charge in [-0.1, -0.05) is 66.8 Å². The molecule has 0 saturated heterocycles. The normalized spacial score (nSPS) is 16.9. The summed E-state index contributed by atoms with van der Waals surface area (Å²) >= 11 is 0. The van der Waals surface area contributed by atoms with Crippen LogP contribution in [0.25, 0.3) is 11.4 Å². The SMILES string of the molecule is C=CCO[C@@H]1C=CC=C[C@@H]1C(c1c(C)[nH]n(-c2ccccc2)c1=O)c1c(C)[nH]n(-c2ccccc2)c1=O. The van der Waals surface area contributed by atoms with Gasteiger partial charge in [-0.05, 0) is 38.1 Å². The zero-order valence-electron chi connectivity index (χ0n) is 20.9. The molecular weight excluding hydrogens is 464 g/mol. The van der Waals surface area contributed by atoms with Crippen molar-refractivity contribution >= 4 is 0 Å². The number of nitrogens with one attached hydrogen (secondary N) is 2. The van der Waals surface area contributed by atoms with Gasteiger partial charge in [-0.25, -0.2) is 9.36 Å². The first kappa shape index (κ1) is 24.3. The molecule has 4 aromatic rings. The molecule has 0 spiro atoms. The van der Waals surface area contributed by atoms with E-state index in [4.69, 9.17) is 4.74 Å². The quantitative estimate of drug-likeness (QED) is 0.348. The van der Waals surface area contributed by atoms with E-state index in [0.29, 0.717) is 29.1 Å². The van der Waals surface area contributed by atoms with Crippen LogP contribution in [0.1, 0.15) is 28.4 Å². The first-order chi connectivity index (χ1) is 18.0. The van der Waals surface area contributed by atoms with Crippen LogP contribution in [0.15, 0.2) is 107 Å². The second-order valence-corrected chi connectivity index (χ2v) is 9.16. The molecule has 2 heterocycles. The van der Waals surface area contributed by atoms with Crippen molar-refractivity contribution < 1.29 is 4.74 Å². The lowest BCUT2D eigenvalue weighted by atomic mass is 9.76. The van der Waals surface area contributed by atoms with Crippen molar-refractivity contribution in [2.45, 2.75) is 25.9 Å². The Morgan fingerprint density at radius 3 is 1.81 bits per heavy atom. The zero-order valence-corrected chi connectivity index (χ0v) is 20.9. The van der Waals surface area contributed by atoms with Gasteiger partial charge in [-0.15, -0.1) is 6.58 Å². The van der Waals surface area contributed by atoms with E-state index in [2.05, 4.69) is 16.8 Å². The average molecular weight is 495 g/mol. The summed E-state index contributed by atoms with van der Waals surface area (Å²) in [5.74, 6) is -0.846. The van der Waals surface area contributed by atoms with Crippen LogP contribution in [0.4, 0.5) is 0 Å². The summed E-state index contributed by atoms with van der Waals surface area (Å²) in [6.45, 7) is 7.89. The number of hydrogen-bond donors (Lipinski definition) is 2. The smallest absolute Gasteiger partial charge is 0.275 e. The highest BCUT2D eigenvalue weighted by Gasteiger charge is 2.38. The average Bonchev–Trinajstić information content (AvgIpc) is 3.39. The molecule has 0 bridgehead atoms. The predicted octanol–water partition coefficient (Wildman–Crippen LogP) is 4.71. The topological polar surface area (TPSA) is 84.8 Å². The molecule has 0 amide bonds. The van der Waals surface area contributed by atoms with Crippen molar-refractivity contribution in [2.24, 2.45) is 5.92 Å². The molecule has 188 valence electrons. The molecule has 5 rings (SSSR count). The summed E-state index contributed by atoms with van der Waals surface area (Å²) in [5, 5.41) is 6.48. The van der Waals surface area contributed by atoms with Crippen molar-refractivity contribution in [1.29, 1.82) is 0 Å². The minimum atomic E-state index is -0.557. The number of aryl methyl sites for hydroxylation is 2. The van der Waals surface area contributed by atoms with Gasteiger partial charge in [0.15, 0.2) is 0 Å². The fourth-order valence-corrected chi connectivity index (χ4v) is 5.15. The Labute approximate surface area is 215 Å². The first-order valence-corrected chi connectivity index (χ1v) is 12.3. The van der Waals surface area contributed by atoms with E-state index in [1.165, 1.54) is 9.36 Å². The van der Waals surface area contributed by atoms with Crippen molar-refractivity contribution in [2.75, 3.05) is 6.61 Å². The number of benzene rings is 2. The highest BCUT2D eigenvalue weighted by atomic mass is 16.5. The number of aromatic amines is 2. The Hall–Kier alpha value is -4.36. The number of nitrogens with zero attached hydrogens (tertiary/aromatic N) is 2. The van der Waals surface area contributed by atoms with Gasteiger partial charge in [-0.2, -0.15) is 0 Å². The van der Waals surface area contributed by atoms with Gasteiger partial charge in [0.2, 0.25) is 0 Å². The van der Waals surface area contributed by atoms with Crippen LogP contribution in [0.2, 0.25) is 0 Å². The van der Waals surface area contributed by atoms with Gasteiger partial charge in [0.1, 0.15) is 0 Å². The maximum Gasteiger partial charge on any atom is 0.275 e. The molecule has 0 unspecified atom stereocenters. The lowest BCUT2D eigenvalue weighted by Gasteiger charge is -2.31. The summed E-state index contributed by atoms with van der Waals surface area (Å²) in [7, 11) is 0. The molecule has 2 atom stereocenters. The highest BCUT2D eigenvalue weighted by Crippen LogP contribution is 2.37. The van der Waals surface area contributed by atoms with Crippen molar-refractivity contribution in [3.05, 3.63) is 141 Å². The van der Waals surface area contributed by atoms with Crippen molar-refractivity contribution in [3.63, 3.8) is 0 Å². The fourth-order valence-electron chi connectivity index (χ4n) is 5.15. The molecule has 0 saturated carbocycles. The van der Waals surface area contributed by atoms with Crippen LogP contribution < -0.4 is 11.1 Å². The Morgan fingerprint density at radius 2 is 1.32 bits per heavy atom. The number of rotatable bonds is 8. The van der Waals surface area contributed by atoms with E-state index in [1.807, 2.05) is 98.8 Å². The van der Waals surface area contributed by atoms with Crippen molar-refractivity contribution in [1.82, 2.24) is 19.6 Å². The third-order valence-corrected chi connectivity index (χ3v) is 6.80. The first-order valence-electron chi connectivity index (χ1n) is 12.3. The predicted molar refractivity (Wildman–Crippen MR) is 146 cm³/mol. The van der Waals surface area contributed by atoms with Crippen LogP contribution >= 0.6 is 0 Å². The van der Waals surface area contributed by atoms with Crippen LogP contribution in [0, 0.1) is 19.8 Å². The number of hydrogen-bond acceptors (Lipinski definition) is 3. The number of ether oxygens (including phenoxy) is 1. The Morgan fingerprint density at radius 1 is 0.838 bits per heavy atom. The van der Waals surface area contributed by atoms with Crippen molar-refractivity contribution in [3.8, 4) is 11.4 Å². The van der Waals surface area contributed by atoms with Gasteiger partial charge >= 0.3 is 0 Å². The molecule has 0 radical (unpaired) electrons. The van der Waals surface area contributed by atoms with E-state index in [0.717, 1.165) is 11.4 Å². The van der Waals surface area contributed by atoms with Gasteiger partial charge in [0, 0.05) is 34.4 Å². The van der Waals surface area contributed by atoms with Crippen LogP contribution in [-0.2, 0) is 4.74 Å². The second-order valence-electron chi connectivity index (χ2n) is 9.16. The molecule has 2 aromatic carbocycles. The van der Waals surface area contributed by atoms with E-state index in [1.54, 1.807) is 6.08 Å². The molecule has 0 fully saturated rings. The van der Waals surface area contributed by atoms with Gasteiger partial charge in [-0.3, -0.25) is 19.8 Å².